The first-order chi connectivity index (χ1) is 23.8. The number of hydrogen-bond acceptors (Lipinski definition) is 3. The highest BCUT2D eigenvalue weighted by molar-refractivity contribution is 6.00. The number of aromatic nitrogens is 2. The maximum Gasteiger partial charge on any atom is 0.160 e. The number of aliphatic imine (C=N–C) groups is 1. The van der Waals surface area contributed by atoms with Gasteiger partial charge in [-0.1, -0.05) is 141 Å². The Labute approximate surface area is 288 Å². The fourth-order valence-electron chi connectivity index (χ4n) is 6.98. The monoisotopic (exact) mass is 631 g/mol. The average Bonchev–Trinajstić information content (AvgIpc) is 3.38. The Kier molecular flexibility index (Phi) is 7.61. The highest BCUT2D eigenvalue weighted by atomic mass is 14.9. The Balaban J connectivity index is 1.13. The van der Waals surface area contributed by atoms with Gasteiger partial charge < -0.3 is 0 Å². The number of rotatable bonds is 6. The number of aryl methyl sites for hydroxylation is 1. The normalized spacial score (nSPS) is 13.2. The van der Waals surface area contributed by atoms with Crippen molar-refractivity contribution in [3.8, 4) is 56.2 Å². The van der Waals surface area contributed by atoms with Gasteiger partial charge in [-0.05, 0) is 82.6 Å². The minimum absolute atomic E-state index is 0.176. The maximum absolute atomic E-state index is 5.10. The number of benzene rings is 6. The maximum atomic E-state index is 5.10. The van der Waals surface area contributed by atoms with Crippen molar-refractivity contribution >= 4 is 11.4 Å². The van der Waals surface area contributed by atoms with E-state index < -0.39 is 0 Å². The molecule has 0 fully saturated rings. The van der Waals surface area contributed by atoms with E-state index in [0.29, 0.717) is 0 Å². The first-order valence-corrected chi connectivity index (χ1v) is 16.9. The zero-order valence-corrected chi connectivity index (χ0v) is 28.3. The molecule has 0 saturated carbocycles. The molecule has 0 radical (unpaired) electrons. The molecule has 3 heteroatoms. The van der Waals surface area contributed by atoms with Crippen molar-refractivity contribution in [2.75, 3.05) is 0 Å². The van der Waals surface area contributed by atoms with Gasteiger partial charge in [-0.25, -0.2) is 9.97 Å². The van der Waals surface area contributed by atoms with Crippen molar-refractivity contribution in [2.24, 2.45) is 4.99 Å². The zero-order chi connectivity index (χ0) is 33.5. The first-order valence-electron chi connectivity index (χ1n) is 16.9. The van der Waals surface area contributed by atoms with E-state index in [4.69, 9.17) is 15.0 Å². The van der Waals surface area contributed by atoms with E-state index in [9.17, 15) is 0 Å². The largest absolute Gasteiger partial charge is 0.253 e. The lowest BCUT2D eigenvalue weighted by Gasteiger charge is -2.22. The third-order valence-electron chi connectivity index (χ3n) is 9.84. The summed E-state index contributed by atoms with van der Waals surface area (Å²) in [4.78, 5) is 15.0. The quantitative estimate of drug-likeness (QED) is 0.171. The minimum atomic E-state index is -0.176. The second-order valence-corrected chi connectivity index (χ2v) is 13.4. The van der Waals surface area contributed by atoms with Crippen LogP contribution in [0.2, 0.25) is 0 Å². The summed E-state index contributed by atoms with van der Waals surface area (Å²) in [7, 11) is 0. The van der Waals surface area contributed by atoms with Crippen molar-refractivity contribution in [3.63, 3.8) is 0 Å². The van der Waals surface area contributed by atoms with Crippen LogP contribution in [0.5, 0.6) is 0 Å². The SMILES string of the molecule is CC(=Nc1ccccc1C)c1ccc(-c2ccc3c(c2)C(C)(C)c2cc(-c4cc(-c5ccccc5)nc(-c5ccccc5)n4)ccc2-3)cc1. The Morgan fingerprint density at radius 2 is 1.04 bits per heavy atom. The Morgan fingerprint density at radius 1 is 0.510 bits per heavy atom. The van der Waals surface area contributed by atoms with Gasteiger partial charge in [0, 0.05) is 27.8 Å². The summed E-state index contributed by atoms with van der Waals surface area (Å²) in [5, 5.41) is 0. The van der Waals surface area contributed by atoms with Crippen molar-refractivity contribution in [3.05, 3.63) is 174 Å². The molecular formula is C46H37N3. The number of fused-ring (bicyclic) bond motifs is 3. The van der Waals surface area contributed by atoms with Crippen LogP contribution in [0.25, 0.3) is 56.2 Å². The molecule has 0 amide bonds. The third kappa shape index (κ3) is 5.68. The predicted octanol–water partition coefficient (Wildman–Crippen LogP) is 11.9. The Bertz CT molecular complexity index is 2290. The molecule has 1 aliphatic carbocycles. The summed E-state index contributed by atoms with van der Waals surface area (Å²) in [5.41, 5.74) is 16.8. The molecule has 1 aliphatic rings. The molecule has 0 spiro atoms. The molecule has 0 aliphatic heterocycles. The van der Waals surface area contributed by atoms with Gasteiger partial charge in [0.25, 0.3) is 0 Å². The highest BCUT2D eigenvalue weighted by Crippen LogP contribution is 2.50. The van der Waals surface area contributed by atoms with E-state index >= 15 is 0 Å². The van der Waals surface area contributed by atoms with E-state index in [1.807, 2.05) is 30.3 Å². The number of hydrogen-bond donors (Lipinski definition) is 0. The van der Waals surface area contributed by atoms with Gasteiger partial charge in [-0.3, -0.25) is 4.99 Å². The van der Waals surface area contributed by atoms with E-state index in [-0.39, 0.29) is 5.41 Å². The Morgan fingerprint density at radius 3 is 1.69 bits per heavy atom. The van der Waals surface area contributed by atoms with Gasteiger partial charge in [0.2, 0.25) is 0 Å². The fourth-order valence-corrected chi connectivity index (χ4v) is 6.98. The molecule has 0 N–H and O–H groups in total. The minimum Gasteiger partial charge on any atom is -0.253 e. The zero-order valence-electron chi connectivity index (χ0n) is 28.3. The van der Waals surface area contributed by atoms with Crippen LogP contribution in [0.3, 0.4) is 0 Å². The van der Waals surface area contributed by atoms with Gasteiger partial charge in [-0.15, -0.1) is 0 Å². The van der Waals surface area contributed by atoms with Crippen molar-refractivity contribution in [1.29, 1.82) is 0 Å². The van der Waals surface area contributed by atoms with Crippen LogP contribution < -0.4 is 0 Å². The first kappa shape index (κ1) is 30.4. The third-order valence-corrected chi connectivity index (χ3v) is 9.84. The van der Waals surface area contributed by atoms with Gasteiger partial charge in [-0.2, -0.15) is 0 Å². The van der Waals surface area contributed by atoms with Crippen molar-refractivity contribution < 1.29 is 0 Å². The second-order valence-electron chi connectivity index (χ2n) is 13.4. The molecule has 8 rings (SSSR count). The van der Waals surface area contributed by atoms with Crippen LogP contribution in [-0.4, -0.2) is 15.7 Å². The fraction of sp³-hybridized carbons (Fsp3) is 0.109. The summed E-state index contributed by atoms with van der Waals surface area (Å²) < 4.78 is 0. The highest BCUT2D eigenvalue weighted by Gasteiger charge is 2.36. The molecule has 236 valence electrons. The van der Waals surface area contributed by atoms with Crippen LogP contribution in [-0.2, 0) is 5.41 Å². The van der Waals surface area contributed by atoms with Gasteiger partial charge in [0.05, 0.1) is 17.1 Å². The summed E-state index contributed by atoms with van der Waals surface area (Å²) in [5.74, 6) is 0.729. The molecular weight excluding hydrogens is 595 g/mol. The second kappa shape index (κ2) is 12.3. The van der Waals surface area contributed by atoms with E-state index in [1.165, 1.54) is 38.9 Å². The summed E-state index contributed by atoms with van der Waals surface area (Å²) >= 11 is 0. The standard InChI is InChI=1S/C46H37N3/c1-30-13-11-12-18-42(30)47-31(2)32-19-21-33(22-20-32)36-23-25-38-39-26-24-37(28-41(39)46(3,4)40(38)27-36)44-29-43(34-14-7-5-8-15-34)48-45(49-44)35-16-9-6-10-17-35/h5-29H,1-4H3. The van der Waals surface area contributed by atoms with Crippen molar-refractivity contribution in [1.82, 2.24) is 9.97 Å². The van der Waals surface area contributed by atoms with Gasteiger partial charge >= 0.3 is 0 Å². The lowest BCUT2D eigenvalue weighted by atomic mass is 9.81. The van der Waals surface area contributed by atoms with E-state index in [0.717, 1.165) is 50.9 Å². The molecule has 0 unspecified atom stereocenters. The summed E-state index contributed by atoms with van der Waals surface area (Å²) in [6.07, 6.45) is 0. The lowest BCUT2D eigenvalue weighted by Crippen LogP contribution is -2.15. The van der Waals surface area contributed by atoms with Gasteiger partial charge in [0.15, 0.2) is 5.82 Å². The van der Waals surface area contributed by atoms with E-state index in [2.05, 4.69) is 149 Å². The van der Waals surface area contributed by atoms with Crippen LogP contribution in [0, 0.1) is 6.92 Å². The molecule has 0 saturated heterocycles. The van der Waals surface area contributed by atoms with E-state index in [1.54, 1.807) is 0 Å². The number of para-hydroxylation sites is 1. The van der Waals surface area contributed by atoms with Crippen LogP contribution in [0.4, 0.5) is 5.69 Å². The van der Waals surface area contributed by atoms with Gasteiger partial charge in [0.1, 0.15) is 0 Å². The summed E-state index contributed by atoms with van der Waals surface area (Å²) in [6, 6.07) is 53.5. The lowest BCUT2D eigenvalue weighted by molar-refractivity contribution is 0.661. The Hall–Kier alpha value is -5.93. The summed E-state index contributed by atoms with van der Waals surface area (Å²) in [6.45, 7) is 8.86. The molecule has 49 heavy (non-hydrogen) atoms. The molecule has 0 bridgehead atoms. The van der Waals surface area contributed by atoms with Crippen molar-refractivity contribution in [2.45, 2.75) is 33.1 Å². The molecule has 0 atom stereocenters. The van der Waals surface area contributed by atoms with Crippen LogP contribution >= 0.6 is 0 Å². The topological polar surface area (TPSA) is 38.1 Å². The molecule has 6 aromatic carbocycles. The van der Waals surface area contributed by atoms with Crippen LogP contribution in [0.1, 0.15) is 43.0 Å². The molecule has 1 heterocycles. The average molecular weight is 632 g/mol. The molecule has 7 aromatic rings. The smallest absolute Gasteiger partial charge is 0.160 e. The predicted molar refractivity (Wildman–Crippen MR) is 204 cm³/mol. The van der Waals surface area contributed by atoms with Crippen LogP contribution in [0.15, 0.2) is 157 Å². The number of nitrogens with zero attached hydrogens (tertiary/aromatic N) is 3. The molecule has 3 nitrogen and oxygen atoms in total. The molecule has 1 aromatic heterocycles.